The second-order valence-electron chi connectivity index (χ2n) is 4.77. The molecule has 1 saturated carbocycles. The molecule has 0 aromatic carbocycles. The van der Waals surface area contributed by atoms with Crippen LogP contribution in [0.4, 0.5) is 0 Å². The summed E-state index contributed by atoms with van der Waals surface area (Å²) < 4.78 is 0. The van der Waals surface area contributed by atoms with Crippen molar-refractivity contribution in [2.75, 3.05) is 27.2 Å². The van der Waals surface area contributed by atoms with E-state index in [0.717, 1.165) is 12.8 Å². The van der Waals surface area contributed by atoms with Crippen molar-refractivity contribution in [1.29, 1.82) is 0 Å². The summed E-state index contributed by atoms with van der Waals surface area (Å²) in [5, 5.41) is 12.5. The Hall–Kier alpha value is -0.610. The molecule has 0 saturated heterocycles. The summed E-state index contributed by atoms with van der Waals surface area (Å²) in [5.74, 6) is 0.399. The number of aliphatic hydroxyl groups is 1. The van der Waals surface area contributed by atoms with E-state index in [1.54, 1.807) is 19.0 Å². The third-order valence-corrected chi connectivity index (χ3v) is 3.25. The number of likely N-dealkylation sites (N-methyl/N-ethyl adjacent to an activating group) is 2. The van der Waals surface area contributed by atoms with E-state index in [1.807, 2.05) is 0 Å². The maximum absolute atomic E-state index is 12.0. The quantitative estimate of drug-likeness (QED) is 0.725. The van der Waals surface area contributed by atoms with Crippen LogP contribution < -0.4 is 5.32 Å². The number of nitrogens with one attached hydrogen (secondary N) is 1. The topological polar surface area (TPSA) is 52.6 Å². The third kappa shape index (κ3) is 4.10. The Morgan fingerprint density at radius 1 is 1.44 bits per heavy atom. The van der Waals surface area contributed by atoms with Crippen LogP contribution in [0.1, 0.15) is 32.1 Å². The van der Waals surface area contributed by atoms with Crippen LogP contribution in [0.3, 0.4) is 0 Å². The largest absolute Gasteiger partial charge is 0.390 e. The van der Waals surface area contributed by atoms with Gasteiger partial charge in [-0.15, -0.1) is 0 Å². The van der Waals surface area contributed by atoms with Crippen molar-refractivity contribution in [2.24, 2.45) is 5.92 Å². The van der Waals surface area contributed by atoms with E-state index in [1.165, 1.54) is 19.3 Å². The first-order valence-corrected chi connectivity index (χ1v) is 6.22. The van der Waals surface area contributed by atoms with E-state index >= 15 is 0 Å². The number of nitrogens with zero attached hydrogens (tertiary/aromatic N) is 1. The van der Waals surface area contributed by atoms with Crippen LogP contribution in [0.2, 0.25) is 0 Å². The van der Waals surface area contributed by atoms with Crippen LogP contribution in [0.25, 0.3) is 0 Å². The Labute approximate surface area is 98.0 Å². The van der Waals surface area contributed by atoms with Gasteiger partial charge in [0, 0.05) is 26.1 Å². The highest BCUT2D eigenvalue weighted by Crippen LogP contribution is 2.25. The molecule has 1 fully saturated rings. The van der Waals surface area contributed by atoms with Crippen molar-refractivity contribution < 1.29 is 9.90 Å². The summed E-state index contributed by atoms with van der Waals surface area (Å²) in [7, 11) is 3.59. The molecule has 0 spiro atoms. The number of carbonyl (C=O) groups is 1. The summed E-state index contributed by atoms with van der Waals surface area (Å²) in [6.45, 7) is 0.957. The molecule has 0 bridgehead atoms. The number of rotatable bonds is 5. The minimum absolute atomic E-state index is 0.195. The Bertz CT molecular complexity index is 215. The zero-order valence-corrected chi connectivity index (χ0v) is 10.4. The summed E-state index contributed by atoms with van der Waals surface area (Å²) >= 11 is 0. The summed E-state index contributed by atoms with van der Waals surface area (Å²) in [6.07, 6.45) is 5.17. The van der Waals surface area contributed by atoms with Crippen molar-refractivity contribution in [2.45, 2.75) is 38.2 Å². The van der Waals surface area contributed by atoms with Crippen LogP contribution in [0, 0.1) is 5.92 Å². The standard InChI is InChI=1S/C12H24N2O2/c1-13-8-11(15)9-14(2)12(16)10-6-4-3-5-7-10/h10-11,13,15H,3-9H2,1-2H3/t11-/m1/s1. The number of amides is 1. The van der Waals surface area contributed by atoms with Crippen molar-refractivity contribution in [1.82, 2.24) is 10.2 Å². The van der Waals surface area contributed by atoms with Gasteiger partial charge < -0.3 is 15.3 Å². The summed E-state index contributed by atoms with van der Waals surface area (Å²) in [4.78, 5) is 13.7. The summed E-state index contributed by atoms with van der Waals surface area (Å²) in [5.41, 5.74) is 0. The number of carbonyl (C=O) groups excluding carboxylic acids is 1. The van der Waals surface area contributed by atoms with E-state index in [2.05, 4.69) is 5.32 Å². The lowest BCUT2D eigenvalue weighted by Crippen LogP contribution is -2.41. The highest BCUT2D eigenvalue weighted by Gasteiger charge is 2.24. The second kappa shape index (κ2) is 6.86. The van der Waals surface area contributed by atoms with E-state index < -0.39 is 6.10 Å². The van der Waals surface area contributed by atoms with Gasteiger partial charge in [-0.2, -0.15) is 0 Å². The minimum atomic E-state index is -0.470. The molecule has 4 nitrogen and oxygen atoms in total. The molecule has 1 amide bonds. The Balaban J connectivity index is 2.34. The van der Waals surface area contributed by atoms with Crippen molar-refractivity contribution in [3.63, 3.8) is 0 Å². The van der Waals surface area contributed by atoms with Crippen molar-refractivity contribution in [3.05, 3.63) is 0 Å². The van der Waals surface area contributed by atoms with Gasteiger partial charge in [0.1, 0.15) is 0 Å². The van der Waals surface area contributed by atoms with Gasteiger partial charge >= 0.3 is 0 Å². The van der Waals surface area contributed by atoms with Gasteiger partial charge in [-0.05, 0) is 19.9 Å². The molecular formula is C12H24N2O2. The fourth-order valence-corrected chi connectivity index (χ4v) is 2.37. The molecule has 1 atom stereocenters. The molecular weight excluding hydrogens is 204 g/mol. The molecule has 1 rings (SSSR count). The normalized spacial score (nSPS) is 19.4. The predicted molar refractivity (Wildman–Crippen MR) is 64.1 cm³/mol. The smallest absolute Gasteiger partial charge is 0.225 e. The average Bonchev–Trinajstić information content (AvgIpc) is 2.29. The Kier molecular flexibility index (Phi) is 5.77. The number of hydrogen-bond donors (Lipinski definition) is 2. The molecule has 0 unspecified atom stereocenters. The lowest BCUT2D eigenvalue weighted by Gasteiger charge is -2.27. The lowest BCUT2D eigenvalue weighted by molar-refractivity contribution is -0.136. The molecule has 1 aliphatic carbocycles. The van der Waals surface area contributed by atoms with Crippen LogP contribution in [0.5, 0.6) is 0 Å². The molecule has 4 heteroatoms. The zero-order chi connectivity index (χ0) is 12.0. The first-order chi connectivity index (χ1) is 7.65. The molecule has 0 aromatic heterocycles. The van der Waals surface area contributed by atoms with Gasteiger partial charge in [-0.25, -0.2) is 0 Å². The number of hydrogen-bond acceptors (Lipinski definition) is 3. The van der Waals surface area contributed by atoms with Crippen LogP contribution in [-0.4, -0.2) is 49.2 Å². The maximum atomic E-state index is 12.0. The van der Waals surface area contributed by atoms with Crippen LogP contribution >= 0.6 is 0 Å². The molecule has 0 aliphatic heterocycles. The van der Waals surface area contributed by atoms with E-state index in [0.29, 0.717) is 13.1 Å². The molecule has 2 N–H and O–H groups in total. The van der Waals surface area contributed by atoms with Gasteiger partial charge in [-0.1, -0.05) is 19.3 Å². The second-order valence-corrected chi connectivity index (χ2v) is 4.77. The minimum Gasteiger partial charge on any atom is -0.390 e. The number of aliphatic hydroxyl groups excluding tert-OH is 1. The highest BCUT2D eigenvalue weighted by atomic mass is 16.3. The highest BCUT2D eigenvalue weighted by molar-refractivity contribution is 5.78. The molecule has 16 heavy (non-hydrogen) atoms. The van der Waals surface area contributed by atoms with Gasteiger partial charge in [0.25, 0.3) is 0 Å². The Morgan fingerprint density at radius 3 is 2.62 bits per heavy atom. The fraction of sp³-hybridized carbons (Fsp3) is 0.917. The molecule has 94 valence electrons. The van der Waals surface area contributed by atoms with Gasteiger partial charge in [0.2, 0.25) is 5.91 Å². The third-order valence-electron chi connectivity index (χ3n) is 3.25. The lowest BCUT2D eigenvalue weighted by atomic mass is 9.88. The average molecular weight is 228 g/mol. The molecule has 1 aliphatic rings. The monoisotopic (exact) mass is 228 g/mol. The molecule has 0 aromatic rings. The van der Waals surface area contributed by atoms with Gasteiger partial charge in [-0.3, -0.25) is 4.79 Å². The van der Waals surface area contributed by atoms with Crippen molar-refractivity contribution in [3.8, 4) is 0 Å². The first kappa shape index (κ1) is 13.5. The molecule has 0 heterocycles. The first-order valence-electron chi connectivity index (χ1n) is 6.22. The van der Waals surface area contributed by atoms with Gasteiger partial charge in [0.05, 0.1) is 6.10 Å². The summed E-state index contributed by atoms with van der Waals surface area (Å²) in [6, 6.07) is 0. The Morgan fingerprint density at radius 2 is 2.06 bits per heavy atom. The molecule has 0 radical (unpaired) electrons. The van der Waals surface area contributed by atoms with Crippen molar-refractivity contribution >= 4 is 5.91 Å². The van der Waals surface area contributed by atoms with Gasteiger partial charge in [0.15, 0.2) is 0 Å². The van der Waals surface area contributed by atoms with E-state index in [-0.39, 0.29) is 11.8 Å². The van der Waals surface area contributed by atoms with E-state index in [9.17, 15) is 9.90 Å². The zero-order valence-electron chi connectivity index (χ0n) is 10.4. The van der Waals surface area contributed by atoms with Crippen LogP contribution in [-0.2, 0) is 4.79 Å². The maximum Gasteiger partial charge on any atom is 0.225 e. The predicted octanol–water partition coefficient (Wildman–Crippen LogP) is 0.605. The van der Waals surface area contributed by atoms with E-state index in [4.69, 9.17) is 0 Å². The fourth-order valence-electron chi connectivity index (χ4n) is 2.37. The van der Waals surface area contributed by atoms with Crippen LogP contribution in [0.15, 0.2) is 0 Å². The SMILES string of the molecule is CNC[C@@H](O)CN(C)C(=O)C1CCCCC1.